The lowest BCUT2D eigenvalue weighted by molar-refractivity contribution is 0.112. The maximum atomic E-state index is 10.9. The van der Waals surface area contributed by atoms with Crippen LogP contribution in [0.4, 0.5) is 0 Å². The second-order valence-electron chi connectivity index (χ2n) is 4.43. The number of pyridine rings is 1. The van der Waals surface area contributed by atoms with Crippen molar-refractivity contribution in [2.45, 2.75) is 0 Å². The van der Waals surface area contributed by atoms with Gasteiger partial charge < -0.3 is 0 Å². The molecule has 0 atom stereocenters. The smallest absolute Gasteiger partial charge is 0.150 e. The Bertz CT molecular complexity index is 833. The standard InChI is InChI=1S/C17H10N2O/c18-10-14-9-16(13-4-2-1-3-5-13)15-7-6-12(11-20)8-17(15)19-14/h1-9,11H. The molecule has 0 amide bonds. The van der Waals surface area contributed by atoms with Crippen molar-refractivity contribution >= 4 is 17.2 Å². The molecule has 0 unspecified atom stereocenters. The van der Waals surface area contributed by atoms with E-state index >= 15 is 0 Å². The number of benzene rings is 2. The number of aldehydes is 1. The van der Waals surface area contributed by atoms with Gasteiger partial charge in [0, 0.05) is 10.9 Å². The number of hydrogen-bond donors (Lipinski definition) is 0. The van der Waals surface area contributed by atoms with Crippen molar-refractivity contribution < 1.29 is 4.79 Å². The van der Waals surface area contributed by atoms with E-state index in [1.165, 1.54) is 0 Å². The molecule has 0 spiro atoms. The highest BCUT2D eigenvalue weighted by molar-refractivity contribution is 5.97. The Morgan fingerprint density at radius 1 is 1.05 bits per heavy atom. The number of hydrogen-bond acceptors (Lipinski definition) is 3. The Hall–Kier alpha value is -2.99. The van der Waals surface area contributed by atoms with Crippen molar-refractivity contribution in [2.24, 2.45) is 0 Å². The highest BCUT2D eigenvalue weighted by Gasteiger charge is 2.08. The molecule has 0 aliphatic carbocycles. The third kappa shape index (κ3) is 2.04. The van der Waals surface area contributed by atoms with Crippen LogP contribution in [0.1, 0.15) is 16.1 Å². The Labute approximate surface area is 116 Å². The molecular formula is C17H10N2O. The first-order valence-corrected chi connectivity index (χ1v) is 6.17. The largest absolute Gasteiger partial charge is 0.298 e. The Balaban J connectivity index is 2.36. The van der Waals surface area contributed by atoms with Gasteiger partial charge in [-0.25, -0.2) is 4.98 Å². The molecule has 0 radical (unpaired) electrons. The number of aromatic nitrogens is 1. The predicted molar refractivity (Wildman–Crippen MR) is 77.3 cm³/mol. The number of carbonyl (C=O) groups excluding carboxylic acids is 1. The first kappa shape index (κ1) is 12.1. The van der Waals surface area contributed by atoms with E-state index in [4.69, 9.17) is 5.26 Å². The summed E-state index contributed by atoms with van der Waals surface area (Å²) < 4.78 is 0. The lowest BCUT2D eigenvalue weighted by Gasteiger charge is -2.07. The minimum Gasteiger partial charge on any atom is -0.298 e. The molecule has 3 aromatic rings. The summed E-state index contributed by atoms with van der Waals surface area (Å²) in [5, 5.41) is 10.0. The third-order valence-electron chi connectivity index (χ3n) is 3.17. The van der Waals surface area contributed by atoms with Gasteiger partial charge in [-0.05, 0) is 23.3 Å². The average Bonchev–Trinajstić information content (AvgIpc) is 2.53. The van der Waals surface area contributed by atoms with Crippen LogP contribution in [-0.4, -0.2) is 11.3 Å². The van der Waals surface area contributed by atoms with Gasteiger partial charge in [0.25, 0.3) is 0 Å². The summed E-state index contributed by atoms with van der Waals surface area (Å²) in [4.78, 5) is 15.1. The molecule has 1 heterocycles. The van der Waals surface area contributed by atoms with Gasteiger partial charge in [-0.1, -0.05) is 42.5 Å². The van der Waals surface area contributed by atoms with Gasteiger partial charge in [0.1, 0.15) is 18.0 Å². The van der Waals surface area contributed by atoms with Crippen LogP contribution in [0.5, 0.6) is 0 Å². The molecule has 1 aromatic heterocycles. The van der Waals surface area contributed by atoms with Crippen molar-refractivity contribution in [2.75, 3.05) is 0 Å². The molecule has 3 nitrogen and oxygen atoms in total. The number of carbonyl (C=O) groups is 1. The van der Waals surface area contributed by atoms with Gasteiger partial charge >= 0.3 is 0 Å². The summed E-state index contributed by atoms with van der Waals surface area (Å²) in [6.07, 6.45) is 0.780. The minimum absolute atomic E-state index is 0.347. The highest BCUT2D eigenvalue weighted by atomic mass is 16.1. The van der Waals surface area contributed by atoms with Crippen LogP contribution in [0.15, 0.2) is 54.6 Å². The molecular weight excluding hydrogens is 248 g/mol. The number of rotatable bonds is 2. The van der Waals surface area contributed by atoms with E-state index in [1.807, 2.05) is 36.4 Å². The van der Waals surface area contributed by atoms with Crippen LogP contribution in [0.25, 0.3) is 22.0 Å². The zero-order valence-corrected chi connectivity index (χ0v) is 10.6. The fourth-order valence-electron chi connectivity index (χ4n) is 2.23. The summed E-state index contributed by atoms with van der Waals surface area (Å²) in [6, 6.07) is 19.0. The fourth-order valence-corrected chi connectivity index (χ4v) is 2.23. The molecule has 20 heavy (non-hydrogen) atoms. The second-order valence-corrected chi connectivity index (χ2v) is 4.43. The van der Waals surface area contributed by atoms with E-state index in [1.54, 1.807) is 18.2 Å². The van der Waals surface area contributed by atoms with E-state index in [0.717, 1.165) is 22.8 Å². The van der Waals surface area contributed by atoms with Crippen molar-refractivity contribution in [1.29, 1.82) is 5.26 Å². The SMILES string of the molecule is N#Cc1cc(-c2ccccc2)c2ccc(C=O)cc2n1. The topological polar surface area (TPSA) is 53.8 Å². The summed E-state index contributed by atoms with van der Waals surface area (Å²) in [5.41, 5.74) is 3.53. The zero-order valence-electron chi connectivity index (χ0n) is 10.6. The van der Waals surface area contributed by atoms with E-state index in [9.17, 15) is 4.79 Å². The van der Waals surface area contributed by atoms with Gasteiger partial charge in [0.2, 0.25) is 0 Å². The third-order valence-corrected chi connectivity index (χ3v) is 3.17. The fraction of sp³-hybridized carbons (Fsp3) is 0. The second kappa shape index (κ2) is 4.94. The maximum absolute atomic E-state index is 10.9. The molecule has 2 aromatic carbocycles. The molecule has 0 saturated carbocycles. The predicted octanol–water partition coefficient (Wildman–Crippen LogP) is 3.59. The van der Waals surface area contributed by atoms with E-state index in [-0.39, 0.29) is 0 Å². The van der Waals surface area contributed by atoms with Crippen LogP contribution >= 0.6 is 0 Å². The van der Waals surface area contributed by atoms with Gasteiger partial charge in [-0.15, -0.1) is 0 Å². The molecule has 0 bridgehead atoms. The Morgan fingerprint density at radius 3 is 2.55 bits per heavy atom. The molecule has 94 valence electrons. The van der Waals surface area contributed by atoms with Gasteiger partial charge in [0.15, 0.2) is 0 Å². The van der Waals surface area contributed by atoms with Crippen molar-refractivity contribution in [3.05, 3.63) is 65.9 Å². The van der Waals surface area contributed by atoms with Gasteiger partial charge in [-0.2, -0.15) is 5.26 Å². The number of nitrogens with zero attached hydrogens (tertiary/aromatic N) is 2. The van der Waals surface area contributed by atoms with Gasteiger partial charge in [0.05, 0.1) is 5.52 Å². The highest BCUT2D eigenvalue weighted by Crippen LogP contribution is 2.28. The summed E-state index contributed by atoms with van der Waals surface area (Å²) >= 11 is 0. The normalized spacial score (nSPS) is 10.2. The summed E-state index contributed by atoms with van der Waals surface area (Å²) in [5.74, 6) is 0. The molecule has 0 fully saturated rings. The monoisotopic (exact) mass is 258 g/mol. The molecule has 0 aliphatic rings. The maximum Gasteiger partial charge on any atom is 0.150 e. The molecule has 0 N–H and O–H groups in total. The minimum atomic E-state index is 0.347. The van der Waals surface area contributed by atoms with Crippen LogP contribution < -0.4 is 0 Å². The van der Waals surface area contributed by atoms with Crippen LogP contribution in [0.3, 0.4) is 0 Å². The Morgan fingerprint density at radius 2 is 1.85 bits per heavy atom. The van der Waals surface area contributed by atoms with Gasteiger partial charge in [-0.3, -0.25) is 4.79 Å². The zero-order chi connectivity index (χ0) is 13.9. The molecule has 3 heteroatoms. The molecule has 3 rings (SSSR count). The number of nitriles is 1. The van der Waals surface area contributed by atoms with Crippen LogP contribution in [-0.2, 0) is 0 Å². The summed E-state index contributed by atoms with van der Waals surface area (Å²) in [6.45, 7) is 0. The van der Waals surface area contributed by atoms with E-state index in [0.29, 0.717) is 16.8 Å². The van der Waals surface area contributed by atoms with E-state index < -0.39 is 0 Å². The lowest BCUT2D eigenvalue weighted by Crippen LogP contribution is -1.91. The van der Waals surface area contributed by atoms with Crippen LogP contribution in [0.2, 0.25) is 0 Å². The molecule has 0 aliphatic heterocycles. The number of fused-ring (bicyclic) bond motifs is 1. The lowest BCUT2D eigenvalue weighted by atomic mass is 9.99. The summed E-state index contributed by atoms with van der Waals surface area (Å²) in [7, 11) is 0. The van der Waals surface area contributed by atoms with E-state index in [2.05, 4.69) is 11.1 Å². The Kier molecular flexibility index (Phi) is 2.98. The average molecular weight is 258 g/mol. The van der Waals surface area contributed by atoms with Crippen molar-refractivity contribution in [3.8, 4) is 17.2 Å². The first-order valence-electron chi connectivity index (χ1n) is 6.17. The van der Waals surface area contributed by atoms with Crippen LogP contribution in [0, 0.1) is 11.3 Å². The van der Waals surface area contributed by atoms with Crippen molar-refractivity contribution in [3.63, 3.8) is 0 Å². The quantitative estimate of drug-likeness (QED) is 0.660. The van der Waals surface area contributed by atoms with Crippen molar-refractivity contribution in [1.82, 2.24) is 4.98 Å². The first-order chi connectivity index (χ1) is 9.81. The molecule has 0 saturated heterocycles.